The van der Waals surface area contributed by atoms with Gasteiger partial charge in [-0.15, -0.1) is 0 Å². The fraction of sp³-hybridized carbons (Fsp3) is 0.647. The summed E-state index contributed by atoms with van der Waals surface area (Å²) in [5, 5.41) is 3.29. The second-order valence-electron chi connectivity index (χ2n) is 5.36. The first-order valence-electron chi connectivity index (χ1n) is 7.53. The lowest BCUT2D eigenvalue weighted by atomic mass is 9.96. The van der Waals surface area contributed by atoms with Crippen LogP contribution in [0.4, 0.5) is 0 Å². The Morgan fingerprint density at radius 2 is 1.85 bits per heavy atom. The van der Waals surface area contributed by atoms with Crippen molar-refractivity contribution in [2.45, 2.75) is 26.2 Å². The number of nitrogens with one attached hydrogen (secondary N) is 1. The smallest absolute Gasteiger partial charge is 0.0487 e. The van der Waals surface area contributed by atoms with Gasteiger partial charge in [-0.25, -0.2) is 0 Å². The van der Waals surface area contributed by atoms with E-state index in [1.54, 1.807) is 7.11 Å². The van der Waals surface area contributed by atoms with Crippen LogP contribution >= 0.6 is 0 Å². The SMILES string of the molecule is CNCC(CCOCCCOC)Cc1ccc(C)cc1. The van der Waals surface area contributed by atoms with E-state index in [2.05, 4.69) is 36.5 Å². The molecule has 0 spiro atoms. The van der Waals surface area contributed by atoms with Gasteiger partial charge in [-0.1, -0.05) is 29.8 Å². The summed E-state index contributed by atoms with van der Waals surface area (Å²) in [6.45, 7) is 5.58. The molecule has 1 atom stereocenters. The summed E-state index contributed by atoms with van der Waals surface area (Å²) in [4.78, 5) is 0. The average Bonchev–Trinajstić information content (AvgIpc) is 2.45. The number of methoxy groups -OCH3 is 1. The van der Waals surface area contributed by atoms with Crippen molar-refractivity contribution in [2.24, 2.45) is 5.92 Å². The van der Waals surface area contributed by atoms with Gasteiger partial charge >= 0.3 is 0 Å². The third kappa shape index (κ3) is 7.63. The fourth-order valence-electron chi connectivity index (χ4n) is 2.28. The Kier molecular flexibility index (Phi) is 9.29. The van der Waals surface area contributed by atoms with Crippen LogP contribution in [0.1, 0.15) is 24.0 Å². The Morgan fingerprint density at radius 3 is 2.50 bits per heavy atom. The minimum Gasteiger partial charge on any atom is -0.385 e. The fourth-order valence-corrected chi connectivity index (χ4v) is 2.28. The maximum atomic E-state index is 5.66. The van der Waals surface area contributed by atoms with Crippen LogP contribution in [0.15, 0.2) is 24.3 Å². The number of hydrogen-bond donors (Lipinski definition) is 1. The molecule has 1 N–H and O–H groups in total. The van der Waals surface area contributed by atoms with Crippen LogP contribution in [-0.2, 0) is 15.9 Å². The molecule has 0 bridgehead atoms. The first-order chi connectivity index (χ1) is 9.76. The molecule has 1 aromatic rings. The molecule has 0 fully saturated rings. The normalized spacial score (nSPS) is 12.6. The van der Waals surface area contributed by atoms with Crippen LogP contribution in [0.2, 0.25) is 0 Å². The molecule has 1 aromatic carbocycles. The highest BCUT2D eigenvalue weighted by Crippen LogP contribution is 2.13. The van der Waals surface area contributed by atoms with Crippen molar-refractivity contribution in [3.05, 3.63) is 35.4 Å². The summed E-state index contributed by atoms with van der Waals surface area (Å²) in [5.41, 5.74) is 2.73. The van der Waals surface area contributed by atoms with Gasteiger partial charge in [0.05, 0.1) is 0 Å². The lowest BCUT2D eigenvalue weighted by molar-refractivity contribution is 0.0937. The lowest BCUT2D eigenvalue weighted by Crippen LogP contribution is -2.22. The van der Waals surface area contributed by atoms with Gasteiger partial charge in [-0.2, -0.15) is 0 Å². The Labute approximate surface area is 123 Å². The first kappa shape index (κ1) is 17.2. The van der Waals surface area contributed by atoms with Crippen molar-refractivity contribution in [2.75, 3.05) is 40.5 Å². The summed E-state index contributed by atoms with van der Waals surface area (Å²) >= 11 is 0. The zero-order valence-corrected chi connectivity index (χ0v) is 13.2. The van der Waals surface area contributed by atoms with E-state index in [0.717, 1.165) is 45.6 Å². The van der Waals surface area contributed by atoms with Gasteiger partial charge in [-0.3, -0.25) is 0 Å². The number of aryl methyl sites for hydroxylation is 1. The highest BCUT2D eigenvalue weighted by atomic mass is 16.5. The Bertz CT molecular complexity index is 337. The van der Waals surface area contributed by atoms with E-state index in [-0.39, 0.29) is 0 Å². The van der Waals surface area contributed by atoms with Gasteiger partial charge in [0.25, 0.3) is 0 Å². The van der Waals surface area contributed by atoms with Crippen molar-refractivity contribution in [3.8, 4) is 0 Å². The number of ether oxygens (including phenoxy) is 2. The third-order valence-electron chi connectivity index (χ3n) is 3.45. The molecule has 0 radical (unpaired) electrons. The molecule has 0 aliphatic heterocycles. The van der Waals surface area contributed by atoms with E-state index < -0.39 is 0 Å². The molecular weight excluding hydrogens is 250 g/mol. The van der Waals surface area contributed by atoms with Crippen LogP contribution < -0.4 is 5.32 Å². The van der Waals surface area contributed by atoms with Crippen molar-refractivity contribution in [1.82, 2.24) is 5.32 Å². The van der Waals surface area contributed by atoms with Crippen LogP contribution in [0.3, 0.4) is 0 Å². The number of benzene rings is 1. The molecular formula is C17H29NO2. The Hall–Kier alpha value is -0.900. The molecule has 0 aliphatic rings. The van der Waals surface area contributed by atoms with Crippen molar-refractivity contribution in [3.63, 3.8) is 0 Å². The van der Waals surface area contributed by atoms with Crippen molar-refractivity contribution < 1.29 is 9.47 Å². The zero-order valence-electron chi connectivity index (χ0n) is 13.2. The highest BCUT2D eigenvalue weighted by molar-refractivity contribution is 5.21. The third-order valence-corrected chi connectivity index (χ3v) is 3.45. The monoisotopic (exact) mass is 279 g/mol. The quantitative estimate of drug-likeness (QED) is 0.632. The van der Waals surface area contributed by atoms with Gasteiger partial charge in [0.1, 0.15) is 0 Å². The van der Waals surface area contributed by atoms with E-state index in [0.29, 0.717) is 5.92 Å². The van der Waals surface area contributed by atoms with Crippen molar-refractivity contribution in [1.29, 1.82) is 0 Å². The van der Waals surface area contributed by atoms with Crippen molar-refractivity contribution >= 4 is 0 Å². The summed E-state index contributed by atoms with van der Waals surface area (Å²) in [5.74, 6) is 0.630. The predicted molar refractivity (Wildman–Crippen MR) is 84.2 cm³/mol. The standard InChI is InChI=1S/C17H29NO2/c1-15-5-7-16(8-6-15)13-17(14-18-2)9-12-20-11-4-10-19-3/h5-8,17-18H,4,9-14H2,1-3H3. The van der Waals surface area contributed by atoms with E-state index in [1.165, 1.54) is 11.1 Å². The van der Waals surface area contributed by atoms with E-state index in [1.807, 2.05) is 7.05 Å². The highest BCUT2D eigenvalue weighted by Gasteiger charge is 2.09. The maximum Gasteiger partial charge on any atom is 0.0487 e. The lowest BCUT2D eigenvalue weighted by Gasteiger charge is -2.17. The first-order valence-corrected chi connectivity index (χ1v) is 7.53. The molecule has 0 saturated heterocycles. The molecule has 1 rings (SSSR count). The molecule has 0 saturated carbocycles. The number of rotatable bonds is 11. The zero-order chi connectivity index (χ0) is 14.6. The van der Waals surface area contributed by atoms with Gasteiger partial charge in [0, 0.05) is 26.9 Å². The molecule has 0 amide bonds. The largest absolute Gasteiger partial charge is 0.385 e. The number of hydrogen-bond acceptors (Lipinski definition) is 3. The topological polar surface area (TPSA) is 30.5 Å². The minimum absolute atomic E-state index is 0.630. The van der Waals surface area contributed by atoms with Crippen LogP contribution in [0, 0.1) is 12.8 Å². The van der Waals surface area contributed by atoms with Crippen LogP contribution in [0.5, 0.6) is 0 Å². The molecule has 20 heavy (non-hydrogen) atoms. The molecule has 0 aliphatic carbocycles. The summed E-state index contributed by atoms with van der Waals surface area (Å²) in [6, 6.07) is 8.84. The van der Waals surface area contributed by atoms with E-state index in [9.17, 15) is 0 Å². The Balaban J connectivity index is 2.27. The summed E-state index contributed by atoms with van der Waals surface area (Å²) in [6.07, 6.45) is 3.19. The summed E-state index contributed by atoms with van der Waals surface area (Å²) < 4.78 is 10.7. The second-order valence-corrected chi connectivity index (χ2v) is 5.36. The average molecular weight is 279 g/mol. The maximum absolute atomic E-state index is 5.66. The molecule has 3 heteroatoms. The second kappa shape index (κ2) is 10.8. The molecule has 3 nitrogen and oxygen atoms in total. The van der Waals surface area contributed by atoms with Gasteiger partial charge in [0.15, 0.2) is 0 Å². The van der Waals surface area contributed by atoms with E-state index in [4.69, 9.17) is 9.47 Å². The van der Waals surface area contributed by atoms with E-state index >= 15 is 0 Å². The molecule has 0 heterocycles. The van der Waals surface area contributed by atoms with Gasteiger partial charge in [-0.05, 0) is 51.3 Å². The Morgan fingerprint density at radius 1 is 1.10 bits per heavy atom. The van der Waals surface area contributed by atoms with Gasteiger partial charge < -0.3 is 14.8 Å². The van der Waals surface area contributed by atoms with Crippen LogP contribution in [0.25, 0.3) is 0 Å². The predicted octanol–water partition coefficient (Wildman–Crippen LogP) is 2.82. The summed E-state index contributed by atoms with van der Waals surface area (Å²) in [7, 11) is 3.74. The molecule has 1 unspecified atom stereocenters. The molecule has 0 aromatic heterocycles. The van der Waals surface area contributed by atoms with Crippen LogP contribution in [-0.4, -0.2) is 40.5 Å². The molecule has 114 valence electrons. The van der Waals surface area contributed by atoms with Gasteiger partial charge in [0.2, 0.25) is 0 Å². The minimum atomic E-state index is 0.630.